The fourth-order valence-corrected chi connectivity index (χ4v) is 4.98. The number of carboxylic acid groups (broad SMARTS) is 1. The molecule has 0 spiro atoms. The Morgan fingerprint density at radius 1 is 0.860 bits per heavy atom. The fourth-order valence-electron chi connectivity index (χ4n) is 4.50. The number of methoxy groups -OCH3 is 3. The summed E-state index contributed by atoms with van der Waals surface area (Å²) < 4.78 is 63.9. The predicted molar refractivity (Wildman–Crippen MR) is 154 cm³/mol. The van der Waals surface area contributed by atoms with Crippen LogP contribution in [0.1, 0.15) is 27.9 Å². The van der Waals surface area contributed by atoms with Crippen LogP contribution in [0.3, 0.4) is 0 Å². The Kier molecular flexibility index (Phi) is 9.78. The molecule has 13 heteroatoms. The minimum atomic E-state index is -4.18. The van der Waals surface area contributed by atoms with Gasteiger partial charge in [0.25, 0.3) is 10.1 Å². The minimum absolute atomic E-state index is 0.0110. The van der Waals surface area contributed by atoms with Crippen LogP contribution in [-0.2, 0) is 21.3 Å². The second-order valence-corrected chi connectivity index (χ2v) is 10.9. The largest absolute Gasteiger partial charge is 0.497 e. The molecule has 0 fully saturated rings. The average Bonchev–Trinajstić information content (AvgIpc) is 3.46. The Bertz CT molecular complexity index is 1640. The molecule has 1 aliphatic rings. The van der Waals surface area contributed by atoms with Gasteiger partial charge in [-0.25, -0.2) is 4.79 Å². The molecule has 3 aromatic carbocycles. The number of benzene rings is 3. The molecule has 228 valence electrons. The van der Waals surface area contributed by atoms with E-state index in [1.165, 1.54) is 33.5 Å². The van der Waals surface area contributed by atoms with Gasteiger partial charge in [-0.2, -0.15) is 8.42 Å². The molecule has 43 heavy (non-hydrogen) atoms. The maximum Gasteiger partial charge on any atom is 0.336 e. The van der Waals surface area contributed by atoms with E-state index >= 15 is 0 Å². The molecular formula is C30H30O12S. The summed E-state index contributed by atoms with van der Waals surface area (Å²) >= 11 is 0. The van der Waals surface area contributed by atoms with Crippen molar-refractivity contribution in [1.29, 1.82) is 0 Å². The van der Waals surface area contributed by atoms with Crippen LogP contribution in [0.2, 0.25) is 0 Å². The average molecular weight is 615 g/mol. The monoisotopic (exact) mass is 614 g/mol. The van der Waals surface area contributed by atoms with Gasteiger partial charge in [0.15, 0.2) is 28.8 Å². The van der Waals surface area contributed by atoms with E-state index in [-0.39, 0.29) is 65.8 Å². The molecule has 0 saturated heterocycles. The first-order chi connectivity index (χ1) is 20.5. The zero-order chi connectivity index (χ0) is 31.1. The van der Waals surface area contributed by atoms with Gasteiger partial charge in [-0.1, -0.05) is 6.07 Å². The molecule has 1 aliphatic heterocycles. The van der Waals surface area contributed by atoms with Gasteiger partial charge in [-0.15, -0.1) is 0 Å². The van der Waals surface area contributed by atoms with E-state index in [1.807, 2.05) is 0 Å². The van der Waals surface area contributed by atoms with Crippen molar-refractivity contribution in [3.05, 3.63) is 76.9 Å². The summed E-state index contributed by atoms with van der Waals surface area (Å²) in [5.74, 6) is -0.449. The van der Waals surface area contributed by atoms with E-state index in [2.05, 4.69) is 0 Å². The standard InChI is InChI=1S/C30H30O12S/c1-37-21-8-5-19(6-9-21)28(31)22(27(30(32)33)20-7-10-23-24(16-20)42-17-41-23)13-18-14-25(38-2)29(39-3)26(15-18)40-11-4-12-43(34,35)36/h5-10,14-16H,4,11-13,17H2,1-3H3,(H,32,33)(H,34,35,36)/b27-22-. The van der Waals surface area contributed by atoms with Gasteiger partial charge in [0.1, 0.15) is 5.75 Å². The number of hydrogen-bond donors (Lipinski definition) is 2. The maximum absolute atomic E-state index is 14.0. The van der Waals surface area contributed by atoms with Crippen LogP contribution < -0.4 is 28.4 Å². The van der Waals surface area contributed by atoms with E-state index in [0.29, 0.717) is 22.8 Å². The van der Waals surface area contributed by atoms with Crippen LogP contribution in [0.15, 0.2) is 60.2 Å². The van der Waals surface area contributed by atoms with Crippen molar-refractivity contribution in [3.8, 4) is 34.5 Å². The van der Waals surface area contributed by atoms with Crippen molar-refractivity contribution in [3.63, 3.8) is 0 Å². The van der Waals surface area contributed by atoms with Crippen LogP contribution in [0.25, 0.3) is 5.57 Å². The van der Waals surface area contributed by atoms with E-state index in [9.17, 15) is 23.1 Å². The highest BCUT2D eigenvalue weighted by molar-refractivity contribution is 7.85. The van der Waals surface area contributed by atoms with Gasteiger partial charge in [0, 0.05) is 17.6 Å². The summed E-state index contributed by atoms with van der Waals surface area (Å²) in [4.78, 5) is 26.8. The molecule has 1 heterocycles. The lowest BCUT2D eigenvalue weighted by Crippen LogP contribution is -2.14. The Morgan fingerprint density at radius 2 is 1.53 bits per heavy atom. The van der Waals surface area contributed by atoms with Crippen LogP contribution in [0.5, 0.6) is 34.5 Å². The number of allylic oxidation sites excluding steroid dienone is 1. The third-order valence-corrected chi connectivity index (χ3v) is 7.30. The Hall–Kier alpha value is -4.75. The van der Waals surface area contributed by atoms with Crippen LogP contribution >= 0.6 is 0 Å². The lowest BCUT2D eigenvalue weighted by molar-refractivity contribution is -0.130. The predicted octanol–water partition coefficient (Wildman–Crippen LogP) is 4.06. The molecule has 2 N–H and O–H groups in total. The summed E-state index contributed by atoms with van der Waals surface area (Å²) in [6.45, 7) is -0.102. The highest BCUT2D eigenvalue weighted by Gasteiger charge is 2.27. The van der Waals surface area contributed by atoms with Crippen molar-refractivity contribution in [1.82, 2.24) is 0 Å². The first-order valence-electron chi connectivity index (χ1n) is 12.9. The highest BCUT2D eigenvalue weighted by atomic mass is 32.2. The first-order valence-corrected chi connectivity index (χ1v) is 14.5. The van der Waals surface area contributed by atoms with Crippen LogP contribution in [-0.4, -0.2) is 70.3 Å². The molecule has 0 atom stereocenters. The Balaban J connectivity index is 1.82. The molecule has 0 radical (unpaired) electrons. The zero-order valence-corrected chi connectivity index (χ0v) is 24.4. The van der Waals surface area contributed by atoms with E-state index in [1.54, 1.807) is 42.5 Å². The summed E-state index contributed by atoms with van der Waals surface area (Å²) in [6.07, 6.45) is -0.175. The number of Topliss-reactive ketones (excluding diaryl/α,β-unsaturated/α-hetero) is 1. The van der Waals surface area contributed by atoms with Gasteiger partial charge in [0.2, 0.25) is 12.5 Å². The lowest BCUT2D eigenvalue weighted by Gasteiger charge is -2.18. The SMILES string of the molecule is COc1ccc(C(=O)/C(Cc2cc(OC)c(OC)c(OCCCS(=O)(=O)O)c2)=C(\C(=O)O)c2ccc3c(c2)OCO3)cc1. The molecule has 0 amide bonds. The molecule has 0 aromatic heterocycles. The third-order valence-electron chi connectivity index (χ3n) is 6.49. The van der Waals surface area contributed by atoms with Gasteiger partial charge in [0.05, 0.1) is 39.3 Å². The molecule has 0 bridgehead atoms. The molecule has 3 aromatic rings. The first kappa shape index (κ1) is 31.2. The van der Waals surface area contributed by atoms with Gasteiger partial charge in [-0.3, -0.25) is 9.35 Å². The third kappa shape index (κ3) is 7.56. The molecule has 4 rings (SSSR count). The molecule has 12 nitrogen and oxygen atoms in total. The summed E-state index contributed by atoms with van der Waals surface area (Å²) in [5.41, 5.74) is 0.623. The number of fused-ring (bicyclic) bond motifs is 1. The lowest BCUT2D eigenvalue weighted by atomic mass is 9.89. The topological polar surface area (TPSA) is 164 Å². The number of hydrogen-bond acceptors (Lipinski definition) is 10. The normalized spacial score (nSPS) is 12.7. The molecule has 0 saturated carbocycles. The second kappa shape index (κ2) is 13.5. The van der Waals surface area contributed by atoms with Crippen LogP contribution in [0.4, 0.5) is 0 Å². The van der Waals surface area contributed by atoms with Gasteiger partial charge >= 0.3 is 5.97 Å². The molecular weight excluding hydrogens is 584 g/mol. The Morgan fingerprint density at radius 3 is 2.16 bits per heavy atom. The summed E-state index contributed by atoms with van der Waals surface area (Å²) in [6, 6.07) is 14.0. The fraction of sp³-hybridized carbons (Fsp3) is 0.267. The number of rotatable bonds is 14. The van der Waals surface area contributed by atoms with Crippen molar-refractivity contribution in [2.45, 2.75) is 12.8 Å². The number of carbonyl (C=O) groups is 2. The molecule has 0 aliphatic carbocycles. The minimum Gasteiger partial charge on any atom is -0.497 e. The number of carbonyl (C=O) groups excluding carboxylic acids is 1. The molecule has 0 unspecified atom stereocenters. The van der Waals surface area contributed by atoms with E-state index in [0.717, 1.165) is 0 Å². The van der Waals surface area contributed by atoms with Crippen molar-refractivity contribution in [2.24, 2.45) is 0 Å². The van der Waals surface area contributed by atoms with E-state index in [4.69, 9.17) is 33.0 Å². The number of ketones is 1. The number of aliphatic carboxylic acids is 1. The maximum atomic E-state index is 14.0. The van der Waals surface area contributed by atoms with Gasteiger partial charge in [-0.05, 0) is 66.1 Å². The van der Waals surface area contributed by atoms with Crippen molar-refractivity contribution in [2.75, 3.05) is 40.5 Å². The zero-order valence-electron chi connectivity index (χ0n) is 23.6. The summed E-state index contributed by atoms with van der Waals surface area (Å²) in [7, 11) is 0.104. The quantitative estimate of drug-likeness (QED) is 0.116. The highest BCUT2D eigenvalue weighted by Crippen LogP contribution is 2.40. The van der Waals surface area contributed by atoms with Crippen LogP contribution in [0, 0.1) is 0 Å². The second-order valence-electron chi connectivity index (χ2n) is 9.28. The van der Waals surface area contributed by atoms with Crippen molar-refractivity contribution < 1.29 is 56.1 Å². The number of carboxylic acids is 1. The Labute approximate surface area is 248 Å². The number of ether oxygens (including phenoxy) is 6. The smallest absolute Gasteiger partial charge is 0.336 e. The van der Waals surface area contributed by atoms with Gasteiger partial charge < -0.3 is 33.5 Å². The van der Waals surface area contributed by atoms with E-state index < -0.39 is 27.6 Å². The summed E-state index contributed by atoms with van der Waals surface area (Å²) in [5, 5.41) is 10.4. The van der Waals surface area contributed by atoms with Crippen molar-refractivity contribution >= 4 is 27.4 Å².